The SMILES string of the molecule is CO/N=C(\NC=O)c1nc(Cl)ccc1NC(C)c1cc(C)cc2c(=O)n(C)c3c(cnn3-c3ccccn3)c12. The van der Waals surface area contributed by atoms with Crippen LogP contribution in [0.5, 0.6) is 0 Å². The molecule has 39 heavy (non-hydrogen) atoms. The quantitative estimate of drug-likeness (QED) is 0.105. The molecule has 1 atom stereocenters. The van der Waals surface area contributed by atoms with Crippen LogP contribution in [-0.2, 0) is 16.7 Å². The van der Waals surface area contributed by atoms with E-state index in [2.05, 4.69) is 30.9 Å². The highest BCUT2D eigenvalue weighted by Crippen LogP contribution is 2.33. The topological polar surface area (TPSA) is 128 Å². The molecular weight excluding hydrogens is 520 g/mol. The molecule has 1 aromatic carbocycles. The van der Waals surface area contributed by atoms with Gasteiger partial charge in [0.25, 0.3) is 5.56 Å². The lowest BCUT2D eigenvalue weighted by molar-refractivity contribution is -0.108. The van der Waals surface area contributed by atoms with Crippen molar-refractivity contribution >= 4 is 51.3 Å². The summed E-state index contributed by atoms with van der Waals surface area (Å²) in [6, 6.07) is 12.5. The zero-order valence-corrected chi connectivity index (χ0v) is 22.4. The standard InChI is InChI=1S/C27H25ClN8O3/c1-15-11-17(16(2)32-20-8-9-21(28)33-24(20)25(30-14-37)34-39-4)23-18(12-15)27(38)35(3)26-19(23)13-31-36(26)22-7-5-6-10-29-22/h5-14,16,32H,1-4H3,(H,30,34,37). The third-order valence-electron chi connectivity index (χ3n) is 6.35. The molecule has 0 spiro atoms. The fourth-order valence-electron chi connectivity index (χ4n) is 4.72. The number of amides is 1. The Labute approximate surface area is 228 Å². The number of carbonyl (C=O) groups is 1. The number of nitrogens with one attached hydrogen (secondary N) is 2. The first-order valence-electron chi connectivity index (χ1n) is 12.0. The van der Waals surface area contributed by atoms with Crippen molar-refractivity contribution in [2.24, 2.45) is 12.2 Å². The summed E-state index contributed by atoms with van der Waals surface area (Å²) in [5, 5.41) is 16.8. The number of hydrogen-bond acceptors (Lipinski definition) is 8. The number of fused-ring (bicyclic) bond motifs is 3. The van der Waals surface area contributed by atoms with Gasteiger partial charge in [-0.25, -0.2) is 9.97 Å². The minimum absolute atomic E-state index is 0.0895. The van der Waals surface area contributed by atoms with Crippen LogP contribution in [-0.4, -0.2) is 43.7 Å². The lowest BCUT2D eigenvalue weighted by atomic mass is 9.95. The van der Waals surface area contributed by atoms with Gasteiger partial charge in [-0.1, -0.05) is 28.9 Å². The van der Waals surface area contributed by atoms with Gasteiger partial charge in [-0.05, 0) is 55.3 Å². The smallest absolute Gasteiger partial charge is 0.259 e. The van der Waals surface area contributed by atoms with Gasteiger partial charge < -0.3 is 15.5 Å². The molecule has 0 fully saturated rings. The van der Waals surface area contributed by atoms with Crippen molar-refractivity contribution in [2.45, 2.75) is 19.9 Å². The Balaban J connectivity index is 1.71. The highest BCUT2D eigenvalue weighted by molar-refractivity contribution is 6.29. The van der Waals surface area contributed by atoms with E-state index < -0.39 is 0 Å². The molecule has 0 aliphatic carbocycles. The van der Waals surface area contributed by atoms with E-state index in [1.807, 2.05) is 44.2 Å². The van der Waals surface area contributed by atoms with E-state index in [1.54, 1.807) is 40.8 Å². The van der Waals surface area contributed by atoms with Crippen molar-refractivity contribution in [3.8, 4) is 5.82 Å². The number of amidine groups is 1. The van der Waals surface area contributed by atoms with Gasteiger partial charge in [0.2, 0.25) is 6.41 Å². The number of rotatable bonds is 7. The molecule has 198 valence electrons. The van der Waals surface area contributed by atoms with Gasteiger partial charge in [-0.15, -0.1) is 0 Å². The molecule has 2 N–H and O–H groups in total. The van der Waals surface area contributed by atoms with Crippen molar-refractivity contribution in [3.05, 3.63) is 87.2 Å². The molecule has 0 radical (unpaired) electrons. The Kier molecular flexibility index (Phi) is 6.99. The molecule has 0 aliphatic rings. The Morgan fingerprint density at radius 2 is 2.03 bits per heavy atom. The number of nitrogens with zero attached hydrogens (tertiary/aromatic N) is 6. The highest BCUT2D eigenvalue weighted by Gasteiger charge is 2.22. The van der Waals surface area contributed by atoms with Crippen molar-refractivity contribution in [2.75, 3.05) is 12.4 Å². The van der Waals surface area contributed by atoms with Crippen LogP contribution >= 0.6 is 11.6 Å². The van der Waals surface area contributed by atoms with E-state index in [9.17, 15) is 9.59 Å². The molecule has 4 heterocycles. The zero-order valence-electron chi connectivity index (χ0n) is 21.6. The molecule has 4 aromatic heterocycles. The van der Waals surface area contributed by atoms with Crippen LogP contribution in [0.25, 0.3) is 27.6 Å². The Morgan fingerprint density at radius 3 is 2.74 bits per heavy atom. The maximum Gasteiger partial charge on any atom is 0.259 e. The number of halogens is 1. The Hall–Kier alpha value is -4.77. The van der Waals surface area contributed by atoms with Crippen LogP contribution in [0, 0.1) is 6.92 Å². The summed E-state index contributed by atoms with van der Waals surface area (Å²) >= 11 is 6.16. The first-order valence-corrected chi connectivity index (χ1v) is 12.4. The minimum Gasteiger partial charge on any atom is -0.397 e. The lowest BCUT2D eigenvalue weighted by Gasteiger charge is -2.21. The van der Waals surface area contributed by atoms with Crippen LogP contribution in [0.2, 0.25) is 5.15 Å². The Bertz CT molecular complexity index is 1800. The van der Waals surface area contributed by atoms with Crippen molar-refractivity contribution in [3.63, 3.8) is 0 Å². The summed E-state index contributed by atoms with van der Waals surface area (Å²) in [6.07, 6.45) is 3.92. The van der Waals surface area contributed by atoms with Gasteiger partial charge >= 0.3 is 0 Å². The molecule has 1 amide bonds. The van der Waals surface area contributed by atoms with Crippen molar-refractivity contribution < 1.29 is 9.63 Å². The average Bonchev–Trinajstić information content (AvgIpc) is 3.38. The number of hydrogen-bond donors (Lipinski definition) is 2. The number of pyridine rings is 3. The molecule has 5 aromatic rings. The van der Waals surface area contributed by atoms with E-state index in [-0.39, 0.29) is 22.6 Å². The van der Waals surface area contributed by atoms with E-state index in [0.717, 1.165) is 21.9 Å². The molecule has 11 nitrogen and oxygen atoms in total. The maximum absolute atomic E-state index is 13.6. The molecule has 1 unspecified atom stereocenters. The van der Waals surface area contributed by atoms with Crippen LogP contribution in [0.1, 0.15) is 29.8 Å². The average molecular weight is 545 g/mol. The molecular formula is C27H25ClN8O3. The summed E-state index contributed by atoms with van der Waals surface area (Å²) in [5.74, 6) is 0.693. The lowest BCUT2D eigenvalue weighted by Crippen LogP contribution is -2.26. The van der Waals surface area contributed by atoms with Gasteiger partial charge in [0.15, 0.2) is 11.7 Å². The number of aromatic nitrogens is 5. The first kappa shape index (κ1) is 25.9. The van der Waals surface area contributed by atoms with E-state index in [0.29, 0.717) is 34.6 Å². The molecule has 0 saturated carbocycles. The molecule has 0 aliphatic heterocycles. The third-order valence-corrected chi connectivity index (χ3v) is 6.56. The van der Waals surface area contributed by atoms with Crippen LogP contribution < -0.4 is 16.2 Å². The van der Waals surface area contributed by atoms with Gasteiger partial charge in [0, 0.05) is 35.4 Å². The van der Waals surface area contributed by atoms with Crippen LogP contribution in [0.4, 0.5) is 5.69 Å². The molecule has 5 rings (SSSR count). The summed E-state index contributed by atoms with van der Waals surface area (Å²) in [7, 11) is 3.10. The minimum atomic E-state index is -0.317. The highest BCUT2D eigenvalue weighted by atomic mass is 35.5. The van der Waals surface area contributed by atoms with E-state index >= 15 is 0 Å². The number of carbonyl (C=O) groups excluding carboxylic acids is 1. The fourth-order valence-corrected chi connectivity index (χ4v) is 4.87. The third kappa shape index (κ3) is 4.68. The monoisotopic (exact) mass is 544 g/mol. The largest absolute Gasteiger partial charge is 0.397 e. The van der Waals surface area contributed by atoms with Crippen molar-refractivity contribution in [1.29, 1.82) is 0 Å². The zero-order chi connectivity index (χ0) is 27.7. The summed E-state index contributed by atoms with van der Waals surface area (Å²) in [4.78, 5) is 38.5. The number of aryl methyl sites for hydroxylation is 2. The predicted octanol–water partition coefficient (Wildman–Crippen LogP) is 3.86. The van der Waals surface area contributed by atoms with Crippen LogP contribution in [0.15, 0.2) is 64.8 Å². The normalized spacial score (nSPS) is 12.5. The van der Waals surface area contributed by atoms with E-state index in [1.165, 1.54) is 7.11 Å². The first-order chi connectivity index (χ1) is 18.8. The van der Waals surface area contributed by atoms with Crippen molar-refractivity contribution in [1.82, 2.24) is 29.6 Å². The summed E-state index contributed by atoms with van der Waals surface area (Å²) < 4.78 is 3.26. The maximum atomic E-state index is 13.6. The second kappa shape index (κ2) is 10.5. The van der Waals surface area contributed by atoms with E-state index in [4.69, 9.17) is 16.4 Å². The van der Waals surface area contributed by atoms with Gasteiger partial charge in [-0.2, -0.15) is 9.78 Å². The van der Waals surface area contributed by atoms with Crippen LogP contribution in [0.3, 0.4) is 0 Å². The molecule has 0 saturated heterocycles. The van der Waals surface area contributed by atoms with Gasteiger partial charge in [0.1, 0.15) is 23.6 Å². The van der Waals surface area contributed by atoms with Gasteiger partial charge in [-0.3, -0.25) is 14.2 Å². The molecule has 0 bridgehead atoms. The fraction of sp³-hybridized carbons (Fsp3) is 0.185. The second-order valence-corrected chi connectivity index (χ2v) is 9.29. The van der Waals surface area contributed by atoms with Gasteiger partial charge in [0.05, 0.1) is 11.9 Å². The second-order valence-electron chi connectivity index (χ2n) is 8.90. The number of oxime groups is 1. The number of benzene rings is 1. The predicted molar refractivity (Wildman–Crippen MR) is 150 cm³/mol. The Morgan fingerprint density at radius 1 is 1.21 bits per heavy atom. The molecule has 12 heteroatoms. The number of anilines is 1. The summed E-state index contributed by atoms with van der Waals surface area (Å²) in [6.45, 7) is 3.92. The summed E-state index contributed by atoms with van der Waals surface area (Å²) in [5.41, 5.74) is 3.13.